The predicted octanol–water partition coefficient (Wildman–Crippen LogP) is 5.36. The summed E-state index contributed by atoms with van der Waals surface area (Å²) in [4.78, 5) is 16.8. The summed E-state index contributed by atoms with van der Waals surface area (Å²) in [6.07, 6.45) is 5.21. The van der Waals surface area contributed by atoms with Gasteiger partial charge in [0.25, 0.3) is 0 Å². The average Bonchev–Trinajstić information content (AvgIpc) is 3.26. The van der Waals surface area contributed by atoms with Crippen LogP contribution in [-0.2, 0) is 17.8 Å². The molecule has 0 unspecified atom stereocenters. The van der Waals surface area contributed by atoms with E-state index in [1.54, 1.807) is 14.0 Å². The van der Waals surface area contributed by atoms with E-state index in [2.05, 4.69) is 10.5 Å². The Labute approximate surface area is 175 Å². The molecular formula is C23H26F2N2O3. The molecule has 0 bridgehead atoms. The predicted molar refractivity (Wildman–Crippen MR) is 111 cm³/mol. The average molecular weight is 416 g/mol. The molecule has 0 aromatic heterocycles. The van der Waals surface area contributed by atoms with Gasteiger partial charge >= 0.3 is 6.09 Å². The standard InChI is InChI=1S/C23H26F2N2O3/c1-15(27-30-23(28)26-14-17-7-9-20(24)21(25)12-17)18-8-10-22(29-2)19(13-18)11-16-5-3-4-6-16/h7-10,12-13,16H,3-6,11,14H2,1-2H3,(H,26,28)/b27-15-. The Morgan fingerprint density at radius 2 is 1.90 bits per heavy atom. The minimum absolute atomic E-state index is 0.00132. The number of rotatable bonds is 7. The molecule has 2 aromatic rings. The number of halogens is 2. The summed E-state index contributed by atoms with van der Waals surface area (Å²) in [5, 5.41) is 6.35. The Hall–Kier alpha value is -2.96. The van der Waals surface area contributed by atoms with E-state index in [1.807, 2.05) is 18.2 Å². The molecule has 5 nitrogen and oxygen atoms in total. The first-order valence-electron chi connectivity index (χ1n) is 10.1. The van der Waals surface area contributed by atoms with Gasteiger partial charge in [0.15, 0.2) is 11.6 Å². The highest BCUT2D eigenvalue weighted by Crippen LogP contribution is 2.31. The number of oxime groups is 1. The van der Waals surface area contributed by atoms with Gasteiger partial charge in [0.2, 0.25) is 0 Å². The summed E-state index contributed by atoms with van der Waals surface area (Å²) >= 11 is 0. The molecule has 1 aliphatic carbocycles. The zero-order chi connectivity index (χ0) is 21.5. The van der Waals surface area contributed by atoms with E-state index in [9.17, 15) is 13.6 Å². The van der Waals surface area contributed by atoms with Gasteiger partial charge in [0, 0.05) is 6.54 Å². The van der Waals surface area contributed by atoms with Crippen molar-refractivity contribution in [2.75, 3.05) is 7.11 Å². The maximum Gasteiger partial charge on any atom is 0.433 e. The van der Waals surface area contributed by atoms with E-state index in [-0.39, 0.29) is 6.54 Å². The number of nitrogens with zero attached hydrogens (tertiary/aromatic N) is 1. The third kappa shape index (κ3) is 5.78. The second-order valence-corrected chi connectivity index (χ2v) is 7.54. The largest absolute Gasteiger partial charge is 0.496 e. The molecule has 0 aliphatic heterocycles. The summed E-state index contributed by atoms with van der Waals surface area (Å²) in [5.41, 5.74) is 2.93. The molecule has 1 saturated carbocycles. The minimum Gasteiger partial charge on any atom is -0.496 e. The van der Waals surface area contributed by atoms with Crippen molar-refractivity contribution in [2.45, 2.75) is 45.6 Å². The van der Waals surface area contributed by atoms with E-state index in [1.165, 1.54) is 31.7 Å². The fourth-order valence-electron chi connectivity index (χ4n) is 3.71. The summed E-state index contributed by atoms with van der Waals surface area (Å²) in [6, 6.07) is 9.22. The van der Waals surface area contributed by atoms with Crippen LogP contribution in [-0.4, -0.2) is 18.9 Å². The molecule has 30 heavy (non-hydrogen) atoms. The second-order valence-electron chi connectivity index (χ2n) is 7.54. The molecule has 0 atom stereocenters. The molecule has 2 aromatic carbocycles. The molecule has 0 radical (unpaired) electrons. The molecule has 1 amide bonds. The molecule has 1 N–H and O–H groups in total. The first-order chi connectivity index (χ1) is 14.5. The molecule has 3 rings (SSSR count). The summed E-state index contributed by atoms with van der Waals surface area (Å²) in [6.45, 7) is 1.75. The summed E-state index contributed by atoms with van der Waals surface area (Å²) in [5.74, 6) is -0.383. The maximum absolute atomic E-state index is 13.2. The van der Waals surface area contributed by atoms with E-state index in [4.69, 9.17) is 9.57 Å². The van der Waals surface area contributed by atoms with Gasteiger partial charge in [-0.1, -0.05) is 36.9 Å². The number of methoxy groups -OCH3 is 1. The van der Waals surface area contributed by atoms with E-state index in [0.29, 0.717) is 17.2 Å². The van der Waals surface area contributed by atoms with Crippen molar-refractivity contribution in [3.63, 3.8) is 0 Å². The fourth-order valence-corrected chi connectivity index (χ4v) is 3.71. The van der Waals surface area contributed by atoms with E-state index >= 15 is 0 Å². The van der Waals surface area contributed by atoms with Crippen molar-refractivity contribution in [1.29, 1.82) is 0 Å². The van der Waals surface area contributed by atoms with Crippen molar-refractivity contribution >= 4 is 11.8 Å². The Morgan fingerprint density at radius 3 is 2.60 bits per heavy atom. The Morgan fingerprint density at radius 1 is 1.13 bits per heavy atom. The maximum atomic E-state index is 13.2. The lowest BCUT2D eigenvalue weighted by Gasteiger charge is -2.14. The Bertz CT molecular complexity index is 925. The molecule has 160 valence electrons. The van der Waals surface area contributed by atoms with Crippen molar-refractivity contribution in [3.8, 4) is 5.75 Å². The number of hydrogen-bond acceptors (Lipinski definition) is 4. The van der Waals surface area contributed by atoms with Gasteiger partial charge in [-0.3, -0.25) is 4.84 Å². The minimum atomic E-state index is -0.968. The highest BCUT2D eigenvalue weighted by Gasteiger charge is 2.18. The van der Waals surface area contributed by atoms with Crippen LogP contribution in [0.1, 0.15) is 49.3 Å². The van der Waals surface area contributed by atoms with Crippen LogP contribution in [0.5, 0.6) is 5.75 Å². The number of amides is 1. The lowest BCUT2D eigenvalue weighted by atomic mass is 9.95. The summed E-state index contributed by atoms with van der Waals surface area (Å²) in [7, 11) is 1.66. The normalized spacial score (nSPS) is 14.6. The van der Waals surface area contributed by atoms with Gasteiger partial charge in [-0.2, -0.15) is 0 Å². The Kier molecular flexibility index (Phi) is 7.38. The smallest absolute Gasteiger partial charge is 0.433 e. The van der Waals surface area contributed by atoms with Crippen LogP contribution < -0.4 is 10.1 Å². The Balaban J connectivity index is 1.59. The molecular weight excluding hydrogens is 390 g/mol. The van der Waals surface area contributed by atoms with E-state index in [0.717, 1.165) is 35.4 Å². The van der Waals surface area contributed by atoms with Crippen LogP contribution in [0.3, 0.4) is 0 Å². The van der Waals surface area contributed by atoms with Crippen LogP contribution in [0.4, 0.5) is 13.6 Å². The van der Waals surface area contributed by atoms with Gasteiger partial charge in [-0.05, 0) is 66.3 Å². The molecule has 1 fully saturated rings. The highest BCUT2D eigenvalue weighted by atomic mass is 19.2. The van der Waals surface area contributed by atoms with Crippen LogP contribution in [0.2, 0.25) is 0 Å². The highest BCUT2D eigenvalue weighted by molar-refractivity contribution is 5.99. The fraction of sp³-hybridized carbons (Fsp3) is 0.391. The number of benzene rings is 2. The molecule has 0 heterocycles. The van der Waals surface area contributed by atoms with E-state index < -0.39 is 17.7 Å². The number of carbonyl (C=O) groups is 1. The zero-order valence-corrected chi connectivity index (χ0v) is 17.2. The summed E-state index contributed by atoms with van der Waals surface area (Å²) < 4.78 is 31.6. The third-order valence-corrected chi connectivity index (χ3v) is 5.37. The second kappa shape index (κ2) is 10.2. The van der Waals surface area contributed by atoms with Gasteiger partial charge in [0.1, 0.15) is 5.75 Å². The van der Waals surface area contributed by atoms with Crippen LogP contribution in [0.15, 0.2) is 41.6 Å². The van der Waals surface area contributed by atoms with Crippen molar-refractivity contribution in [2.24, 2.45) is 11.1 Å². The molecule has 7 heteroatoms. The first-order valence-corrected chi connectivity index (χ1v) is 10.1. The van der Waals surface area contributed by atoms with Crippen LogP contribution in [0, 0.1) is 17.6 Å². The lowest BCUT2D eigenvalue weighted by molar-refractivity contribution is 0.150. The zero-order valence-electron chi connectivity index (χ0n) is 17.2. The third-order valence-electron chi connectivity index (χ3n) is 5.37. The lowest BCUT2D eigenvalue weighted by Crippen LogP contribution is -2.22. The van der Waals surface area contributed by atoms with Gasteiger partial charge < -0.3 is 10.1 Å². The van der Waals surface area contributed by atoms with Gasteiger partial charge in [0.05, 0.1) is 12.8 Å². The van der Waals surface area contributed by atoms with Crippen LogP contribution in [0.25, 0.3) is 0 Å². The number of ether oxygens (including phenoxy) is 1. The topological polar surface area (TPSA) is 59.9 Å². The van der Waals surface area contributed by atoms with Crippen molar-refractivity contribution in [1.82, 2.24) is 5.32 Å². The number of carbonyl (C=O) groups excluding carboxylic acids is 1. The number of hydrogen-bond donors (Lipinski definition) is 1. The molecule has 0 saturated heterocycles. The monoisotopic (exact) mass is 416 g/mol. The molecule has 0 spiro atoms. The van der Waals surface area contributed by atoms with Gasteiger partial charge in [-0.25, -0.2) is 13.6 Å². The first kappa shape index (κ1) is 21.7. The SMILES string of the molecule is COc1ccc(/C(C)=N\OC(=O)NCc2ccc(F)c(F)c2)cc1CC1CCCC1. The van der Waals surface area contributed by atoms with Crippen LogP contribution >= 0.6 is 0 Å². The molecule has 1 aliphatic rings. The van der Waals surface area contributed by atoms with Crippen molar-refractivity contribution in [3.05, 3.63) is 64.7 Å². The quantitative estimate of drug-likeness (QED) is 0.376. The van der Waals surface area contributed by atoms with Gasteiger partial charge in [-0.15, -0.1) is 0 Å². The van der Waals surface area contributed by atoms with Crippen molar-refractivity contribution < 1.29 is 23.1 Å². The number of nitrogens with one attached hydrogen (secondary N) is 1.